The van der Waals surface area contributed by atoms with Crippen molar-refractivity contribution in [1.82, 2.24) is 25.0 Å². The Morgan fingerprint density at radius 2 is 1.57 bits per heavy atom. The number of piperidine rings is 1. The highest BCUT2D eigenvalue weighted by molar-refractivity contribution is 7.13. The predicted molar refractivity (Wildman–Crippen MR) is 186 cm³/mol. The Morgan fingerprint density at radius 3 is 2.09 bits per heavy atom. The second-order valence-corrected chi connectivity index (χ2v) is 16.8. The van der Waals surface area contributed by atoms with Gasteiger partial charge in [-0.1, -0.05) is 13.8 Å². The van der Waals surface area contributed by atoms with Crippen molar-refractivity contribution in [3.63, 3.8) is 0 Å². The van der Waals surface area contributed by atoms with Gasteiger partial charge in [0.05, 0.1) is 10.9 Å². The maximum atomic E-state index is 13.7. The van der Waals surface area contributed by atoms with Gasteiger partial charge in [0, 0.05) is 64.0 Å². The standard InChI is InChI=1S/C29H43F2N5OS.C7H8OS/c1-17(2)27-34-33-20(5)36(27)24-15-22-6-7-23(16-24)35(22)13-10-25(26-14-18(3)19(4)38-26)32-28(37)21-8-11-29(30,31)12-9-21;1-5-3-7(4-8)9-6(5)2/h14,17,21-25H,6-13,15-16H2,1-5H3,(H,32,37);3-4H,1-2H3/t22?,23?,24?,25-;/m0./s1. The number of hydrogen-bond acceptors (Lipinski definition) is 7. The molecule has 1 N–H and O–H groups in total. The van der Waals surface area contributed by atoms with Gasteiger partial charge in [0.25, 0.3) is 0 Å². The first-order valence-electron chi connectivity index (χ1n) is 17.2. The van der Waals surface area contributed by atoms with Crippen LogP contribution in [0.1, 0.15) is 137 Å². The van der Waals surface area contributed by atoms with Gasteiger partial charge in [-0.25, -0.2) is 8.78 Å². The minimum atomic E-state index is -2.62. The van der Waals surface area contributed by atoms with E-state index in [1.807, 2.05) is 19.9 Å². The van der Waals surface area contributed by atoms with Crippen LogP contribution in [-0.2, 0) is 4.79 Å². The van der Waals surface area contributed by atoms with E-state index in [2.05, 4.69) is 65.7 Å². The van der Waals surface area contributed by atoms with Crippen LogP contribution in [-0.4, -0.2) is 56.4 Å². The largest absolute Gasteiger partial charge is 0.348 e. The number of aldehydes is 1. The van der Waals surface area contributed by atoms with E-state index in [1.165, 1.54) is 38.6 Å². The second kappa shape index (κ2) is 14.9. The molecule has 2 aliphatic heterocycles. The van der Waals surface area contributed by atoms with Gasteiger partial charge in [0.1, 0.15) is 11.6 Å². The first-order valence-corrected chi connectivity index (χ1v) is 18.8. The Morgan fingerprint density at radius 1 is 0.957 bits per heavy atom. The molecule has 2 saturated heterocycles. The van der Waals surface area contributed by atoms with E-state index in [1.54, 1.807) is 22.7 Å². The van der Waals surface area contributed by atoms with Crippen LogP contribution < -0.4 is 5.32 Å². The van der Waals surface area contributed by atoms with Gasteiger partial charge in [0.15, 0.2) is 6.29 Å². The SMILES string of the molecule is Cc1cc(C=O)sc1C.Cc1cc([C@H](CCN2C3CCC2CC(n2c(C)nnc2C(C)C)C3)NC(=O)C2CCC(F)(F)CC2)sc1C. The van der Waals surface area contributed by atoms with Crippen LogP contribution in [0.4, 0.5) is 8.78 Å². The quantitative estimate of drug-likeness (QED) is 0.228. The number of aryl methyl sites for hydroxylation is 5. The van der Waals surface area contributed by atoms with E-state index >= 15 is 0 Å². The molecule has 3 aromatic heterocycles. The average molecular weight is 688 g/mol. The average Bonchev–Trinajstić information content (AvgIpc) is 3.74. The van der Waals surface area contributed by atoms with Gasteiger partial charge in [-0.3, -0.25) is 14.5 Å². The number of carbonyl (C=O) groups excluding carboxylic acids is 2. The number of hydrogen-bond donors (Lipinski definition) is 1. The highest BCUT2D eigenvalue weighted by Gasteiger charge is 2.43. The summed E-state index contributed by atoms with van der Waals surface area (Å²) in [6.45, 7) is 15.6. The minimum absolute atomic E-state index is 0.0554. The summed E-state index contributed by atoms with van der Waals surface area (Å²) in [6, 6.07) is 5.54. The molecule has 47 heavy (non-hydrogen) atoms. The van der Waals surface area contributed by atoms with E-state index in [0.717, 1.165) is 48.6 Å². The molecular weight excluding hydrogens is 637 g/mol. The van der Waals surface area contributed by atoms with E-state index in [0.29, 0.717) is 24.0 Å². The zero-order valence-corrected chi connectivity index (χ0v) is 30.6. The number of amides is 1. The minimum Gasteiger partial charge on any atom is -0.348 e. The van der Waals surface area contributed by atoms with Gasteiger partial charge in [-0.2, -0.15) is 0 Å². The topological polar surface area (TPSA) is 80.1 Å². The van der Waals surface area contributed by atoms with Gasteiger partial charge in [0.2, 0.25) is 11.8 Å². The number of alkyl halides is 2. The van der Waals surface area contributed by atoms with Crippen LogP contribution in [0.2, 0.25) is 0 Å². The summed E-state index contributed by atoms with van der Waals surface area (Å²) in [5.74, 6) is -0.534. The zero-order valence-electron chi connectivity index (χ0n) is 28.9. The number of carbonyl (C=O) groups is 2. The lowest BCUT2D eigenvalue weighted by atomic mass is 9.86. The molecule has 1 saturated carbocycles. The zero-order chi connectivity index (χ0) is 34.0. The molecule has 5 heterocycles. The van der Waals surface area contributed by atoms with Crippen LogP contribution in [0.5, 0.6) is 0 Å². The van der Waals surface area contributed by atoms with Gasteiger partial charge < -0.3 is 9.88 Å². The Hall–Kier alpha value is -2.50. The summed E-state index contributed by atoms with van der Waals surface area (Å²) in [6.07, 6.45) is 6.55. The van der Waals surface area contributed by atoms with E-state index in [4.69, 9.17) is 0 Å². The molecule has 2 unspecified atom stereocenters. The third kappa shape index (κ3) is 8.39. The molecule has 11 heteroatoms. The Balaban J connectivity index is 0.000000417. The molecule has 0 radical (unpaired) electrons. The Labute approximate surface area is 286 Å². The molecule has 0 aromatic carbocycles. The predicted octanol–water partition coefficient (Wildman–Crippen LogP) is 8.81. The van der Waals surface area contributed by atoms with Crippen molar-refractivity contribution in [1.29, 1.82) is 0 Å². The molecule has 6 rings (SSSR count). The molecule has 3 aromatic rings. The van der Waals surface area contributed by atoms with Crippen LogP contribution in [0.15, 0.2) is 12.1 Å². The number of aromatic nitrogens is 3. The van der Waals surface area contributed by atoms with E-state index < -0.39 is 5.92 Å². The van der Waals surface area contributed by atoms with Crippen molar-refractivity contribution in [2.45, 2.75) is 142 Å². The van der Waals surface area contributed by atoms with Crippen molar-refractivity contribution < 1.29 is 18.4 Å². The van der Waals surface area contributed by atoms with Crippen molar-refractivity contribution in [2.24, 2.45) is 5.92 Å². The molecule has 0 spiro atoms. The fourth-order valence-corrected chi connectivity index (χ4v) is 9.63. The Bertz CT molecular complexity index is 1480. The fraction of sp³-hybridized carbons (Fsp3) is 0.667. The molecule has 3 aliphatic rings. The van der Waals surface area contributed by atoms with Crippen LogP contribution >= 0.6 is 22.7 Å². The highest BCUT2D eigenvalue weighted by atomic mass is 32.1. The lowest BCUT2D eigenvalue weighted by Crippen LogP contribution is -2.45. The summed E-state index contributed by atoms with van der Waals surface area (Å²) >= 11 is 3.30. The summed E-state index contributed by atoms with van der Waals surface area (Å²) in [4.78, 5) is 30.6. The number of halogens is 2. The van der Waals surface area contributed by atoms with Gasteiger partial charge >= 0.3 is 0 Å². The van der Waals surface area contributed by atoms with Crippen molar-refractivity contribution in [2.75, 3.05) is 6.54 Å². The Kier molecular flexibility index (Phi) is 11.4. The van der Waals surface area contributed by atoms with Crippen LogP contribution in [0.3, 0.4) is 0 Å². The number of rotatable bonds is 9. The molecular formula is C36H51F2N5O2S2. The fourth-order valence-electron chi connectivity index (χ4n) is 7.64. The molecule has 1 aliphatic carbocycles. The molecule has 7 nitrogen and oxygen atoms in total. The van der Waals surface area contributed by atoms with Crippen LogP contribution in [0.25, 0.3) is 0 Å². The molecule has 3 fully saturated rings. The van der Waals surface area contributed by atoms with Crippen molar-refractivity contribution in [3.05, 3.63) is 54.4 Å². The monoisotopic (exact) mass is 687 g/mol. The first-order chi connectivity index (χ1) is 22.3. The smallest absolute Gasteiger partial charge is 0.248 e. The summed E-state index contributed by atoms with van der Waals surface area (Å²) < 4.78 is 29.7. The van der Waals surface area contributed by atoms with Gasteiger partial charge in [-0.15, -0.1) is 32.9 Å². The molecule has 2 bridgehead atoms. The number of nitrogens with one attached hydrogen (secondary N) is 1. The summed E-state index contributed by atoms with van der Waals surface area (Å²) in [5.41, 5.74) is 2.45. The van der Waals surface area contributed by atoms with Crippen molar-refractivity contribution >= 4 is 34.9 Å². The van der Waals surface area contributed by atoms with E-state index in [9.17, 15) is 18.4 Å². The van der Waals surface area contributed by atoms with Crippen LogP contribution in [0, 0.1) is 40.5 Å². The van der Waals surface area contributed by atoms with Crippen molar-refractivity contribution in [3.8, 4) is 0 Å². The van der Waals surface area contributed by atoms with Gasteiger partial charge in [-0.05, 0) is 103 Å². The third-order valence-electron chi connectivity index (χ3n) is 10.5. The summed E-state index contributed by atoms with van der Waals surface area (Å²) in [5, 5.41) is 12.2. The normalized spacial score (nSPS) is 23.4. The number of nitrogens with zero attached hydrogens (tertiary/aromatic N) is 4. The molecule has 258 valence electrons. The maximum absolute atomic E-state index is 13.7. The van der Waals surface area contributed by atoms with E-state index in [-0.39, 0.29) is 43.6 Å². The first kappa shape index (κ1) is 35.8. The maximum Gasteiger partial charge on any atom is 0.248 e. The number of fused-ring (bicyclic) bond motifs is 2. The molecule has 3 atom stereocenters. The summed E-state index contributed by atoms with van der Waals surface area (Å²) in [7, 11) is 0. The lowest BCUT2D eigenvalue weighted by Gasteiger charge is -2.40. The third-order valence-corrected chi connectivity index (χ3v) is 12.9. The second-order valence-electron chi connectivity index (χ2n) is 14.3. The molecule has 1 amide bonds. The lowest BCUT2D eigenvalue weighted by molar-refractivity contribution is -0.130. The highest BCUT2D eigenvalue weighted by Crippen LogP contribution is 2.43. The number of thiophene rings is 2.